The highest BCUT2D eigenvalue weighted by Gasteiger charge is 2.40. The van der Waals surface area contributed by atoms with Crippen LogP contribution in [0.15, 0.2) is 0 Å². The summed E-state index contributed by atoms with van der Waals surface area (Å²) in [6.45, 7) is 5.77. The highest BCUT2D eigenvalue weighted by Crippen LogP contribution is 2.29. The maximum Gasteiger partial charge on any atom is 0.241 e. The van der Waals surface area contributed by atoms with Gasteiger partial charge in [-0.15, -0.1) is 0 Å². The van der Waals surface area contributed by atoms with Crippen molar-refractivity contribution in [3.05, 3.63) is 0 Å². The lowest BCUT2D eigenvalue weighted by Gasteiger charge is -2.29. The van der Waals surface area contributed by atoms with Crippen LogP contribution in [0.4, 0.5) is 0 Å². The Morgan fingerprint density at radius 1 is 1.32 bits per heavy atom. The number of carbonyl (C=O) groups excluding carboxylic acids is 2. The molecule has 0 unspecified atom stereocenters. The van der Waals surface area contributed by atoms with E-state index in [0.717, 1.165) is 0 Å². The number of amides is 2. The van der Waals surface area contributed by atoms with Gasteiger partial charge in [-0.3, -0.25) is 9.59 Å². The van der Waals surface area contributed by atoms with Crippen LogP contribution in [0.3, 0.4) is 0 Å². The number of rotatable bonds is 5. The van der Waals surface area contributed by atoms with E-state index in [-0.39, 0.29) is 18.4 Å². The summed E-state index contributed by atoms with van der Waals surface area (Å²) in [6, 6.07) is 2.08. The van der Waals surface area contributed by atoms with Crippen LogP contribution in [0, 0.1) is 16.7 Å². The van der Waals surface area contributed by atoms with Crippen LogP contribution >= 0.6 is 0 Å². The fourth-order valence-electron chi connectivity index (χ4n) is 2.12. The lowest BCUT2D eigenvalue weighted by atomic mass is 9.81. The summed E-state index contributed by atoms with van der Waals surface area (Å²) >= 11 is 0. The van der Waals surface area contributed by atoms with Crippen LogP contribution in [-0.4, -0.2) is 49.6 Å². The van der Waals surface area contributed by atoms with Crippen molar-refractivity contribution in [2.45, 2.75) is 26.7 Å². The van der Waals surface area contributed by atoms with Gasteiger partial charge in [0.15, 0.2) is 0 Å². The monoisotopic (exact) mass is 267 g/mol. The maximum absolute atomic E-state index is 12.1. The molecule has 19 heavy (non-hydrogen) atoms. The van der Waals surface area contributed by atoms with Gasteiger partial charge < -0.3 is 15.0 Å². The lowest BCUT2D eigenvalue weighted by Crippen LogP contribution is -2.47. The molecule has 106 valence electrons. The van der Waals surface area contributed by atoms with Gasteiger partial charge in [0.2, 0.25) is 11.8 Å². The summed E-state index contributed by atoms with van der Waals surface area (Å²) in [4.78, 5) is 25.5. The Morgan fingerprint density at radius 3 is 2.37 bits per heavy atom. The molecular formula is C13H21N3O3. The number of carbonyl (C=O) groups is 2. The first-order valence-electron chi connectivity index (χ1n) is 6.64. The third kappa shape index (κ3) is 3.67. The molecule has 0 aliphatic carbocycles. The number of likely N-dealkylation sites (N-methyl/N-ethyl adjacent to an activating group) is 1. The van der Waals surface area contributed by atoms with E-state index in [4.69, 9.17) is 4.74 Å². The van der Waals surface area contributed by atoms with Gasteiger partial charge in [-0.2, -0.15) is 5.26 Å². The average molecular weight is 267 g/mol. The minimum absolute atomic E-state index is 0.0508. The molecule has 0 atom stereocenters. The van der Waals surface area contributed by atoms with E-state index in [0.29, 0.717) is 39.1 Å². The van der Waals surface area contributed by atoms with E-state index in [9.17, 15) is 14.9 Å². The molecule has 6 heteroatoms. The van der Waals surface area contributed by atoms with Crippen LogP contribution in [0.5, 0.6) is 0 Å². The van der Waals surface area contributed by atoms with E-state index < -0.39 is 5.41 Å². The summed E-state index contributed by atoms with van der Waals surface area (Å²) in [5.41, 5.74) is -1.04. The van der Waals surface area contributed by atoms with Gasteiger partial charge in [-0.05, 0) is 26.7 Å². The van der Waals surface area contributed by atoms with Crippen molar-refractivity contribution in [1.29, 1.82) is 5.26 Å². The molecule has 1 fully saturated rings. The van der Waals surface area contributed by atoms with Crippen molar-refractivity contribution in [2.24, 2.45) is 5.41 Å². The first-order valence-corrected chi connectivity index (χ1v) is 6.64. The summed E-state index contributed by atoms with van der Waals surface area (Å²) in [6.07, 6.45) is 0.767. The molecule has 1 rings (SSSR count). The van der Waals surface area contributed by atoms with Gasteiger partial charge in [-0.1, -0.05) is 0 Å². The summed E-state index contributed by atoms with van der Waals surface area (Å²) in [5.74, 6) is -0.489. The molecule has 0 radical (unpaired) electrons. The fourth-order valence-corrected chi connectivity index (χ4v) is 2.12. The third-order valence-electron chi connectivity index (χ3n) is 3.51. The number of nitrogens with one attached hydrogen (secondary N) is 1. The fraction of sp³-hybridized carbons (Fsp3) is 0.769. The predicted molar refractivity (Wildman–Crippen MR) is 69.0 cm³/mol. The van der Waals surface area contributed by atoms with Gasteiger partial charge in [-0.25, -0.2) is 0 Å². The van der Waals surface area contributed by atoms with Gasteiger partial charge in [0.05, 0.1) is 12.6 Å². The van der Waals surface area contributed by atoms with E-state index in [2.05, 4.69) is 11.4 Å². The topological polar surface area (TPSA) is 82.4 Å². The normalized spacial score (nSPS) is 17.3. The first kappa shape index (κ1) is 15.4. The molecule has 0 bridgehead atoms. The molecular weight excluding hydrogens is 246 g/mol. The molecule has 0 aromatic rings. The van der Waals surface area contributed by atoms with Gasteiger partial charge >= 0.3 is 0 Å². The SMILES string of the molecule is CCN(CC)C(=O)CNC(=O)C1(C#N)CCOCC1. The van der Waals surface area contributed by atoms with Crippen LogP contribution in [-0.2, 0) is 14.3 Å². The molecule has 0 saturated carbocycles. The molecule has 0 spiro atoms. The molecule has 1 saturated heterocycles. The second kappa shape index (κ2) is 7.10. The second-order valence-electron chi connectivity index (χ2n) is 4.55. The average Bonchev–Trinajstić information content (AvgIpc) is 2.46. The number of ether oxygens (including phenoxy) is 1. The van der Waals surface area contributed by atoms with Gasteiger partial charge in [0.1, 0.15) is 5.41 Å². The molecule has 1 heterocycles. The summed E-state index contributed by atoms with van der Waals surface area (Å²) in [5, 5.41) is 11.8. The first-order chi connectivity index (χ1) is 9.09. The Morgan fingerprint density at radius 2 is 1.89 bits per heavy atom. The lowest BCUT2D eigenvalue weighted by molar-refractivity contribution is -0.137. The highest BCUT2D eigenvalue weighted by atomic mass is 16.5. The van der Waals surface area contributed by atoms with Crippen LogP contribution in [0.25, 0.3) is 0 Å². The standard InChI is InChI=1S/C13H21N3O3/c1-3-16(4-2)11(17)9-15-12(18)13(10-14)5-7-19-8-6-13/h3-9H2,1-2H3,(H,15,18). The molecule has 1 aliphatic heterocycles. The van der Waals surface area contributed by atoms with Gasteiger partial charge in [0, 0.05) is 26.3 Å². The molecule has 6 nitrogen and oxygen atoms in total. The minimum Gasteiger partial charge on any atom is -0.381 e. The number of nitrogens with zero attached hydrogens (tertiary/aromatic N) is 2. The van der Waals surface area contributed by atoms with E-state index in [1.165, 1.54) is 0 Å². The number of hydrogen-bond acceptors (Lipinski definition) is 4. The van der Waals surface area contributed by atoms with Crippen molar-refractivity contribution in [3.63, 3.8) is 0 Å². The predicted octanol–water partition coefficient (Wildman–Crippen LogP) is 0.291. The van der Waals surface area contributed by atoms with Crippen molar-refractivity contribution in [2.75, 3.05) is 32.8 Å². The number of nitriles is 1. The van der Waals surface area contributed by atoms with Crippen LogP contribution in [0.2, 0.25) is 0 Å². The smallest absolute Gasteiger partial charge is 0.241 e. The van der Waals surface area contributed by atoms with E-state index in [1.807, 2.05) is 13.8 Å². The Balaban J connectivity index is 2.54. The zero-order chi connectivity index (χ0) is 14.3. The van der Waals surface area contributed by atoms with Crippen molar-refractivity contribution >= 4 is 11.8 Å². The molecule has 1 aliphatic rings. The summed E-state index contributed by atoms with van der Waals surface area (Å²) in [7, 11) is 0. The van der Waals surface area contributed by atoms with E-state index in [1.54, 1.807) is 4.90 Å². The van der Waals surface area contributed by atoms with Crippen molar-refractivity contribution in [3.8, 4) is 6.07 Å². The minimum atomic E-state index is -1.04. The van der Waals surface area contributed by atoms with Crippen molar-refractivity contribution in [1.82, 2.24) is 10.2 Å². The van der Waals surface area contributed by atoms with Crippen LogP contribution < -0.4 is 5.32 Å². The zero-order valence-corrected chi connectivity index (χ0v) is 11.6. The third-order valence-corrected chi connectivity index (χ3v) is 3.51. The Hall–Kier alpha value is -1.61. The molecule has 1 N–H and O–H groups in total. The maximum atomic E-state index is 12.1. The Bertz CT molecular complexity index is 366. The Labute approximate surface area is 113 Å². The highest BCUT2D eigenvalue weighted by molar-refractivity contribution is 5.89. The Kier molecular flexibility index (Phi) is 5.77. The zero-order valence-electron chi connectivity index (χ0n) is 11.6. The van der Waals surface area contributed by atoms with Crippen LogP contribution in [0.1, 0.15) is 26.7 Å². The van der Waals surface area contributed by atoms with Gasteiger partial charge in [0.25, 0.3) is 0 Å². The molecule has 0 aromatic heterocycles. The molecule has 2 amide bonds. The largest absolute Gasteiger partial charge is 0.381 e. The summed E-state index contributed by atoms with van der Waals surface area (Å²) < 4.78 is 5.17. The molecule has 0 aromatic carbocycles. The van der Waals surface area contributed by atoms with E-state index >= 15 is 0 Å². The second-order valence-corrected chi connectivity index (χ2v) is 4.55. The van der Waals surface area contributed by atoms with Crippen molar-refractivity contribution < 1.29 is 14.3 Å². The quantitative estimate of drug-likeness (QED) is 0.776. The number of hydrogen-bond donors (Lipinski definition) is 1.